The van der Waals surface area contributed by atoms with Crippen molar-refractivity contribution in [3.8, 4) is 0 Å². The summed E-state index contributed by atoms with van der Waals surface area (Å²) in [5, 5.41) is 3.46. The van der Waals surface area contributed by atoms with E-state index >= 15 is 0 Å². The van der Waals surface area contributed by atoms with E-state index in [4.69, 9.17) is 5.73 Å². The molecule has 0 spiro atoms. The first-order valence-electron chi connectivity index (χ1n) is 6.74. The minimum Gasteiger partial charge on any atom is -0.330 e. The Bertz CT molecular complexity index is 292. The van der Waals surface area contributed by atoms with Gasteiger partial charge >= 0.3 is 0 Å². The van der Waals surface area contributed by atoms with Gasteiger partial charge in [0.1, 0.15) is 0 Å². The highest BCUT2D eigenvalue weighted by Crippen LogP contribution is 2.06. The quantitative estimate of drug-likeness (QED) is 0.679. The highest BCUT2D eigenvalue weighted by atomic mass is 14.8. The molecule has 1 atom stereocenters. The Balaban J connectivity index is 2.23. The summed E-state index contributed by atoms with van der Waals surface area (Å²) in [5.41, 5.74) is 8.39. The summed E-state index contributed by atoms with van der Waals surface area (Å²) in [6.45, 7) is 7.21. The van der Waals surface area contributed by atoms with Crippen LogP contribution >= 0.6 is 0 Å². The van der Waals surface area contributed by atoms with E-state index in [0.29, 0.717) is 5.92 Å². The van der Waals surface area contributed by atoms with Gasteiger partial charge in [0.15, 0.2) is 0 Å². The summed E-state index contributed by atoms with van der Waals surface area (Å²) in [4.78, 5) is 0. The van der Waals surface area contributed by atoms with Gasteiger partial charge in [-0.3, -0.25) is 0 Å². The third-order valence-electron chi connectivity index (χ3n) is 3.11. The molecule has 2 nitrogen and oxygen atoms in total. The van der Waals surface area contributed by atoms with Crippen molar-refractivity contribution in [3.05, 3.63) is 35.4 Å². The molecule has 0 aliphatic heterocycles. The van der Waals surface area contributed by atoms with Crippen molar-refractivity contribution in [2.45, 2.75) is 39.7 Å². The van der Waals surface area contributed by atoms with Crippen molar-refractivity contribution >= 4 is 0 Å². The molecule has 1 aromatic carbocycles. The van der Waals surface area contributed by atoms with Crippen molar-refractivity contribution < 1.29 is 0 Å². The summed E-state index contributed by atoms with van der Waals surface area (Å²) in [6, 6.07) is 8.93. The Hall–Kier alpha value is -0.860. The lowest BCUT2D eigenvalue weighted by atomic mass is 10.1. The Kier molecular flexibility index (Phi) is 6.90. The van der Waals surface area contributed by atoms with Crippen LogP contribution in [0.15, 0.2) is 24.3 Å². The first-order chi connectivity index (χ1) is 8.26. The predicted octanol–water partition coefficient (Wildman–Crippen LogP) is 2.71. The van der Waals surface area contributed by atoms with Gasteiger partial charge in [0.05, 0.1) is 0 Å². The van der Waals surface area contributed by atoms with Crippen molar-refractivity contribution in [2.24, 2.45) is 11.7 Å². The zero-order valence-corrected chi connectivity index (χ0v) is 11.2. The molecule has 1 aromatic rings. The molecular weight excluding hydrogens is 208 g/mol. The summed E-state index contributed by atoms with van der Waals surface area (Å²) in [6.07, 6.45) is 3.56. The zero-order chi connectivity index (χ0) is 12.5. The van der Waals surface area contributed by atoms with E-state index in [-0.39, 0.29) is 0 Å². The van der Waals surface area contributed by atoms with Gasteiger partial charge < -0.3 is 11.1 Å². The van der Waals surface area contributed by atoms with Crippen LogP contribution in [0, 0.1) is 5.92 Å². The first-order valence-corrected chi connectivity index (χ1v) is 6.74. The van der Waals surface area contributed by atoms with Crippen LogP contribution in [0.2, 0.25) is 0 Å². The van der Waals surface area contributed by atoms with E-state index in [1.807, 2.05) is 0 Å². The van der Waals surface area contributed by atoms with Gasteiger partial charge in [-0.05, 0) is 43.0 Å². The Morgan fingerprint density at radius 3 is 2.41 bits per heavy atom. The number of hydrogen-bond donors (Lipinski definition) is 2. The second kappa shape index (κ2) is 8.26. The van der Waals surface area contributed by atoms with Gasteiger partial charge in [0.25, 0.3) is 0 Å². The van der Waals surface area contributed by atoms with Crippen LogP contribution in [0.5, 0.6) is 0 Å². The Labute approximate surface area is 106 Å². The lowest BCUT2D eigenvalue weighted by Gasteiger charge is -2.09. The molecule has 2 heteroatoms. The van der Waals surface area contributed by atoms with Gasteiger partial charge in [0, 0.05) is 6.54 Å². The zero-order valence-electron chi connectivity index (χ0n) is 11.2. The third kappa shape index (κ3) is 5.85. The number of nitrogens with two attached hydrogens (primary N) is 1. The fraction of sp³-hybridized carbons (Fsp3) is 0.600. The van der Waals surface area contributed by atoms with Gasteiger partial charge in [-0.1, -0.05) is 44.5 Å². The van der Waals surface area contributed by atoms with Crippen molar-refractivity contribution in [3.63, 3.8) is 0 Å². The number of benzene rings is 1. The molecular formula is C15H26N2. The Morgan fingerprint density at radius 2 is 1.82 bits per heavy atom. The summed E-state index contributed by atoms with van der Waals surface area (Å²) in [7, 11) is 0. The maximum absolute atomic E-state index is 5.58. The number of hydrogen-bond acceptors (Lipinski definition) is 2. The van der Waals surface area contributed by atoms with E-state index in [0.717, 1.165) is 26.1 Å². The highest BCUT2D eigenvalue weighted by Gasteiger charge is 1.98. The largest absolute Gasteiger partial charge is 0.330 e. The highest BCUT2D eigenvalue weighted by molar-refractivity contribution is 5.22. The SMILES string of the molecule is CCCc1ccc(CNCCC(C)CN)cc1. The summed E-state index contributed by atoms with van der Waals surface area (Å²) < 4.78 is 0. The lowest BCUT2D eigenvalue weighted by molar-refractivity contribution is 0.509. The van der Waals surface area contributed by atoms with Gasteiger partial charge in [-0.2, -0.15) is 0 Å². The second-order valence-electron chi connectivity index (χ2n) is 4.87. The number of nitrogens with one attached hydrogen (secondary N) is 1. The van der Waals surface area contributed by atoms with Crippen LogP contribution in [-0.2, 0) is 13.0 Å². The second-order valence-corrected chi connectivity index (χ2v) is 4.87. The molecule has 0 aliphatic carbocycles. The van der Waals surface area contributed by atoms with Crippen LogP contribution in [-0.4, -0.2) is 13.1 Å². The van der Waals surface area contributed by atoms with E-state index < -0.39 is 0 Å². The van der Waals surface area contributed by atoms with E-state index in [9.17, 15) is 0 Å². The predicted molar refractivity (Wildman–Crippen MR) is 75.0 cm³/mol. The molecule has 1 rings (SSSR count). The molecule has 0 aliphatic rings. The molecule has 0 amide bonds. The molecule has 96 valence electrons. The minimum atomic E-state index is 0.620. The molecule has 3 N–H and O–H groups in total. The molecule has 0 heterocycles. The van der Waals surface area contributed by atoms with Gasteiger partial charge in [-0.25, -0.2) is 0 Å². The van der Waals surface area contributed by atoms with E-state index in [2.05, 4.69) is 43.4 Å². The molecule has 0 saturated heterocycles. The topological polar surface area (TPSA) is 38.0 Å². The molecule has 17 heavy (non-hydrogen) atoms. The van der Waals surface area contributed by atoms with E-state index in [1.165, 1.54) is 24.0 Å². The normalized spacial score (nSPS) is 12.6. The fourth-order valence-corrected chi connectivity index (χ4v) is 1.81. The van der Waals surface area contributed by atoms with Crippen LogP contribution in [0.25, 0.3) is 0 Å². The number of rotatable bonds is 8. The molecule has 0 bridgehead atoms. The van der Waals surface area contributed by atoms with Crippen molar-refractivity contribution in [1.29, 1.82) is 0 Å². The van der Waals surface area contributed by atoms with Crippen LogP contribution in [0.1, 0.15) is 37.8 Å². The van der Waals surface area contributed by atoms with E-state index in [1.54, 1.807) is 0 Å². The third-order valence-corrected chi connectivity index (χ3v) is 3.11. The standard InChI is InChI=1S/C15H26N2/c1-3-4-14-5-7-15(8-6-14)12-17-10-9-13(2)11-16/h5-8,13,17H,3-4,9-12,16H2,1-2H3. The molecule has 0 aromatic heterocycles. The lowest BCUT2D eigenvalue weighted by Crippen LogP contribution is -2.20. The van der Waals surface area contributed by atoms with Gasteiger partial charge in [0.2, 0.25) is 0 Å². The first kappa shape index (κ1) is 14.2. The average molecular weight is 234 g/mol. The monoisotopic (exact) mass is 234 g/mol. The molecule has 0 radical (unpaired) electrons. The maximum Gasteiger partial charge on any atom is 0.0205 e. The smallest absolute Gasteiger partial charge is 0.0205 e. The molecule has 0 saturated carbocycles. The average Bonchev–Trinajstić information content (AvgIpc) is 2.36. The summed E-state index contributed by atoms with van der Waals surface area (Å²) >= 11 is 0. The van der Waals surface area contributed by atoms with Crippen LogP contribution in [0.3, 0.4) is 0 Å². The number of aryl methyl sites for hydroxylation is 1. The fourth-order valence-electron chi connectivity index (χ4n) is 1.81. The Morgan fingerprint density at radius 1 is 1.18 bits per heavy atom. The maximum atomic E-state index is 5.58. The van der Waals surface area contributed by atoms with Crippen molar-refractivity contribution in [1.82, 2.24) is 5.32 Å². The van der Waals surface area contributed by atoms with Crippen LogP contribution < -0.4 is 11.1 Å². The van der Waals surface area contributed by atoms with Gasteiger partial charge in [-0.15, -0.1) is 0 Å². The van der Waals surface area contributed by atoms with Crippen LogP contribution in [0.4, 0.5) is 0 Å². The summed E-state index contributed by atoms with van der Waals surface area (Å²) in [5.74, 6) is 0.620. The minimum absolute atomic E-state index is 0.620. The molecule has 1 unspecified atom stereocenters. The van der Waals surface area contributed by atoms with Crippen molar-refractivity contribution in [2.75, 3.05) is 13.1 Å². The molecule has 0 fully saturated rings.